The van der Waals surface area contributed by atoms with Gasteiger partial charge in [0.05, 0.1) is 8.07 Å². The maximum atomic E-state index is 11.3. The molecule has 1 aromatic carbocycles. The van der Waals surface area contributed by atoms with Gasteiger partial charge in [0.2, 0.25) is 5.91 Å². The summed E-state index contributed by atoms with van der Waals surface area (Å²) >= 11 is 0. The summed E-state index contributed by atoms with van der Waals surface area (Å²) < 4.78 is 12.7. The monoisotopic (exact) mass is 394 g/mol. The average molecular weight is 395 g/mol. The Bertz CT molecular complexity index is 597. The van der Waals surface area contributed by atoms with E-state index in [0.717, 1.165) is 24.4 Å². The first-order chi connectivity index (χ1) is 11.7. The fraction of sp³-hybridized carbons (Fsp3) is 0.611. The van der Waals surface area contributed by atoms with Gasteiger partial charge in [0.15, 0.2) is 9.04 Å². The van der Waals surface area contributed by atoms with Crippen molar-refractivity contribution in [2.24, 2.45) is 0 Å². The molecule has 1 aliphatic heterocycles. The van der Waals surface area contributed by atoms with Crippen molar-refractivity contribution in [2.75, 3.05) is 11.9 Å². The highest BCUT2D eigenvalue weighted by Gasteiger charge is 2.37. The van der Waals surface area contributed by atoms with Gasteiger partial charge in [0.1, 0.15) is 0 Å². The van der Waals surface area contributed by atoms with Crippen LogP contribution in [0.3, 0.4) is 0 Å². The minimum atomic E-state index is -2.05. The van der Waals surface area contributed by atoms with Gasteiger partial charge in [-0.1, -0.05) is 42.9 Å². The zero-order valence-electron chi connectivity index (χ0n) is 16.3. The molecule has 0 bridgehead atoms. The fourth-order valence-electron chi connectivity index (χ4n) is 3.24. The molecule has 1 fully saturated rings. The zero-order valence-corrected chi connectivity index (χ0v) is 19.3. The Balaban J connectivity index is 2.05. The average Bonchev–Trinajstić information content (AvgIpc) is 2.51. The van der Waals surface area contributed by atoms with Crippen molar-refractivity contribution in [3.8, 4) is 0 Å². The van der Waals surface area contributed by atoms with Crippen LogP contribution in [0.15, 0.2) is 24.3 Å². The van der Waals surface area contributed by atoms with E-state index < -0.39 is 25.7 Å². The second-order valence-electron chi connectivity index (χ2n) is 7.89. The molecule has 0 aliphatic carbocycles. The number of carbonyl (C=O) groups excluding carboxylic acids is 1. The van der Waals surface area contributed by atoms with Crippen LogP contribution in [0.4, 0.5) is 5.69 Å². The molecule has 4 nitrogen and oxygen atoms in total. The quantitative estimate of drug-likeness (QED) is 0.766. The van der Waals surface area contributed by atoms with Crippen LogP contribution in [0.1, 0.15) is 19.8 Å². The number of anilines is 1. The molecule has 1 aliphatic rings. The van der Waals surface area contributed by atoms with Crippen LogP contribution in [0.2, 0.25) is 44.3 Å². The molecule has 7 heteroatoms. The van der Waals surface area contributed by atoms with Crippen molar-refractivity contribution >= 4 is 42.5 Å². The Morgan fingerprint density at radius 2 is 2.12 bits per heavy atom. The molecule has 25 heavy (non-hydrogen) atoms. The van der Waals surface area contributed by atoms with Gasteiger partial charge in [-0.05, 0) is 43.7 Å². The van der Waals surface area contributed by atoms with Crippen molar-refractivity contribution in [3.05, 3.63) is 24.3 Å². The number of hydrogen-bond donors (Lipinski definition) is 1. The molecular formula is C18H32NO3Si3. The van der Waals surface area contributed by atoms with E-state index in [4.69, 9.17) is 8.54 Å². The van der Waals surface area contributed by atoms with Crippen molar-refractivity contribution < 1.29 is 13.3 Å². The number of carbonyl (C=O) groups is 1. The molecule has 139 valence electrons. The van der Waals surface area contributed by atoms with Gasteiger partial charge in [-0.3, -0.25) is 4.79 Å². The van der Waals surface area contributed by atoms with E-state index in [1.54, 1.807) is 6.92 Å². The third kappa shape index (κ3) is 6.49. The van der Waals surface area contributed by atoms with E-state index >= 15 is 0 Å². The van der Waals surface area contributed by atoms with Gasteiger partial charge in [-0.2, -0.15) is 0 Å². The first-order valence-corrected chi connectivity index (χ1v) is 17.1. The Labute approximate surface area is 156 Å². The Morgan fingerprint density at radius 1 is 1.36 bits per heavy atom. The summed E-state index contributed by atoms with van der Waals surface area (Å²) in [5.74, 6) is -0.0227. The summed E-state index contributed by atoms with van der Waals surface area (Å²) in [6, 6.07) is 11.8. The van der Waals surface area contributed by atoms with Crippen molar-refractivity contribution in [3.63, 3.8) is 0 Å². The first kappa shape index (κ1) is 20.6. The van der Waals surface area contributed by atoms with Gasteiger partial charge in [0.25, 0.3) is 0 Å². The lowest BCUT2D eigenvalue weighted by atomic mass is 10.3. The lowest BCUT2D eigenvalue weighted by molar-refractivity contribution is -0.114. The van der Waals surface area contributed by atoms with E-state index in [1.165, 1.54) is 24.1 Å². The van der Waals surface area contributed by atoms with E-state index in [0.29, 0.717) is 0 Å². The lowest BCUT2D eigenvalue weighted by Gasteiger charge is -2.34. The van der Waals surface area contributed by atoms with Gasteiger partial charge < -0.3 is 13.9 Å². The summed E-state index contributed by atoms with van der Waals surface area (Å²) in [5.41, 5.74) is 0.895. The molecular weight excluding hydrogens is 362 g/mol. The second kappa shape index (κ2) is 8.77. The molecule has 0 aromatic heterocycles. The summed E-state index contributed by atoms with van der Waals surface area (Å²) in [6.45, 7) is 11.7. The standard InChI is InChI=1S/C18H32NO3Si3/c1-16(20)19-17-9-8-10-18(15-17)24(3,4)13-14-25(5)21-11-6-7-12-23(2)22-25/h8-10,15H,6-7,11-14H2,1-5H3,(H,19,20). The maximum Gasteiger partial charge on any atom is 0.324 e. The third-order valence-electron chi connectivity index (χ3n) is 4.89. The largest absolute Gasteiger partial charge is 0.436 e. The summed E-state index contributed by atoms with van der Waals surface area (Å²) in [6.07, 6.45) is 2.42. The van der Waals surface area contributed by atoms with Gasteiger partial charge >= 0.3 is 8.56 Å². The van der Waals surface area contributed by atoms with Gasteiger partial charge in [-0.15, -0.1) is 0 Å². The topological polar surface area (TPSA) is 47.6 Å². The SMILES string of the molecule is CC(=O)Nc1cccc([Si](C)(C)CC[Si]2(C)OCCCC[Si](C)O2)c1. The number of amides is 1. The smallest absolute Gasteiger partial charge is 0.324 e. The molecule has 1 aromatic rings. The zero-order chi connectivity index (χ0) is 18.5. The highest BCUT2D eigenvalue weighted by atomic mass is 28.4. The second-order valence-corrected chi connectivity index (χ2v) is 18.5. The van der Waals surface area contributed by atoms with Crippen LogP contribution in [-0.4, -0.2) is 38.2 Å². The van der Waals surface area contributed by atoms with E-state index in [1.807, 2.05) is 12.1 Å². The van der Waals surface area contributed by atoms with Crippen molar-refractivity contribution in [1.82, 2.24) is 0 Å². The van der Waals surface area contributed by atoms with Crippen LogP contribution in [-0.2, 0) is 13.3 Å². The van der Waals surface area contributed by atoms with Crippen LogP contribution < -0.4 is 10.5 Å². The highest BCUT2D eigenvalue weighted by Crippen LogP contribution is 2.26. The fourth-order valence-corrected chi connectivity index (χ4v) is 14.4. The molecule has 1 radical (unpaired) electrons. The normalized spacial score (nSPS) is 22.9. The minimum absolute atomic E-state index is 0.0227. The van der Waals surface area contributed by atoms with Crippen LogP contribution in [0.5, 0.6) is 0 Å². The Kier molecular flexibility index (Phi) is 7.21. The highest BCUT2D eigenvalue weighted by molar-refractivity contribution is 6.91. The van der Waals surface area contributed by atoms with Crippen molar-refractivity contribution in [2.45, 2.75) is 64.1 Å². The summed E-state index contributed by atoms with van der Waals surface area (Å²) in [5, 5.41) is 4.28. The minimum Gasteiger partial charge on any atom is -0.436 e. The molecule has 1 heterocycles. The number of rotatable bonds is 5. The Hall–Kier alpha value is -0.739. The number of benzene rings is 1. The predicted molar refractivity (Wildman–Crippen MR) is 112 cm³/mol. The van der Waals surface area contributed by atoms with E-state index in [-0.39, 0.29) is 5.91 Å². The molecule has 0 saturated carbocycles. The van der Waals surface area contributed by atoms with Crippen LogP contribution in [0, 0.1) is 0 Å². The first-order valence-electron chi connectivity index (χ1n) is 9.24. The summed E-state index contributed by atoms with van der Waals surface area (Å²) in [4.78, 5) is 11.3. The predicted octanol–water partition coefficient (Wildman–Crippen LogP) is 4.08. The van der Waals surface area contributed by atoms with Gasteiger partial charge in [-0.25, -0.2) is 0 Å². The molecule has 1 saturated heterocycles. The summed E-state index contributed by atoms with van der Waals surface area (Å²) in [7, 11) is -4.37. The maximum absolute atomic E-state index is 11.3. The van der Waals surface area contributed by atoms with Crippen LogP contribution >= 0.6 is 0 Å². The van der Waals surface area contributed by atoms with E-state index in [2.05, 4.69) is 43.6 Å². The molecule has 2 rings (SSSR count). The molecule has 1 amide bonds. The van der Waals surface area contributed by atoms with E-state index in [9.17, 15) is 4.79 Å². The molecule has 1 atom stereocenters. The molecule has 1 unspecified atom stereocenters. The number of hydrogen-bond acceptors (Lipinski definition) is 3. The lowest BCUT2D eigenvalue weighted by Crippen LogP contribution is -2.48. The Morgan fingerprint density at radius 3 is 2.84 bits per heavy atom. The van der Waals surface area contributed by atoms with Crippen molar-refractivity contribution in [1.29, 1.82) is 0 Å². The van der Waals surface area contributed by atoms with Crippen LogP contribution in [0.25, 0.3) is 0 Å². The van der Waals surface area contributed by atoms with Gasteiger partial charge in [0, 0.05) is 19.2 Å². The molecule has 1 N–H and O–H groups in total. The number of nitrogens with one attached hydrogen (secondary N) is 1. The third-order valence-corrected chi connectivity index (χ3v) is 14.9. The molecule has 0 spiro atoms.